The van der Waals surface area contributed by atoms with Gasteiger partial charge in [0.1, 0.15) is 0 Å². The van der Waals surface area contributed by atoms with E-state index in [1.165, 1.54) is 16.6 Å². The first-order valence-electron chi connectivity index (χ1n) is 10.6. The molecule has 6 nitrogen and oxygen atoms in total. The zero-order valence-electron chi connectivity index (χ0n) is 18.6. The van der Waals surface area contributed by atoms with E-state index in [0.717, 1.165) is 5.56 Å². The Morgan fingerprint density at radius 1 is 1.16 bits per heavy atom. The second-order valence-electron chi connectivity index (χ2n) is 8.40. The van der Waals surface area contributed by atoms with Crippen LogP contribution in [0.5, 0.6) is 5.88 Å². The molecule has 0 N–H and O–H groups in total. The van der Waals surface area contributed by atoms with Gasteiger partial charge in [0.25, 0.3) is 5.91 Å². The minimum atomic E-state index is -0.635. The number of carbonyl (C=O) groups is 2. The molecule has 1 aliphatic rings. The van der Waals surface area contributed by atoms with Crippen molar-refractivity contribution in [1.82, 2.24) is 14.8 Å². The molecule has 2 aromatic heterocycles. The van der Waals surface area contributed by atoms with Crippen molar-refractivity contribution in [1.29, 1.82) is 0 Å². The van der Waals surface area contributed by atoms with Crippen molar-refractivity contribution in [2.75, 3.05) is 34.3 Å². The molecule has 1 saturated heterocycles. The summed E-state index contributed by atoms with van der Waals surface area (Å²) in [5.74, 6) is 0.413. The summed E-state index contributed by atoms with van der Waals surface area (Å²) in [5.41, 5.74) is 2.14. The quantitative estimate of drug-likeness (QED) is 0.571. The highest BCUT2D eigenvalue weighted by Gasteiger charge is 2.46. The van der Waals surface area contributed by atoms with E-state index in [-0.39, 0.29) is 11.8 Å². The predicted octanol–water partition coefficient (Wildman–Crippen LogP) is 3.98. The van der Waals surface area contributed by atoms with Gasteiger partial charge in [0.15, 0.2) is 0 Å². The fourth-order valence-electron chi connectivity index (χ4n) is 4.35. The molecule has 0 bridgehead atoms. The van der Waals surface area contributed by atoms with Crippen LogP contribution in [0, 0.1) is 5.41 Å². The van der Waals surface area contributed by atoms with Crippen LogP contribution in [0.15, 0.2) is 60.1 Å². The van der Waals surface area contributed by atoms with Crippen LogP contribution in [0.25, 0.3) is 10.4 Å². The van der Waals surface area contributed by atoms with E-state index in [1.807, 2.05) is 6.07 Å². The maximum absolute atomic E-state index is 13.3. The summed E-state index contributed by atoms with van der Waals surface area (Å²) in [6.45, 7) is 0.930. The molecular weight excluding hydrogens is 422 g/mol. The van der Waals surface area contributed by atoms with Gasteiger partial charge in [-0.2, -0.15) is 0 Å². The van der Waals surface area contributed by atoms with Crippen LogP contribution in [0.4, 0.5) is 0 Å². The molecule has 3 heterocycles. The van der Waals surface area contributed by atoms with Gasteiger partial charge in [-0.05, 0) is 41.5 Å². The zero-order chi connectivity index (χ0) is 22.7. The first-order chi connectivity index (χ1) is 15.4. The van der Waals surface area contributed by atoms with Gasteiger partial charge in [-0.15, -0.1) is 11.3 Å². The number of likely N-dealkylation sites (tertiary alicyclic amines) is 1. The molecule has 1 atom stereocenters. The smallest absolute Gasteiger partial charge is 0.255 e. The predicted molar refractivity (Wildman–Crippen MR) is 126 cm³/mol. The molecule has 1 aliphatic heterocycles. The molecule has 7 heteroatoms. The average molecular weight is 450 g/mol. The summed E-state index contributed by atoms with van der Waals surface area (Å²) in [6.07, 6.45) is 2.75. The van der Waals surface area contributed by atoms with Crippen molar-refractivity contribution in [3.05, 3.63) is 71.2 Å². The largest absolute Gasteiger partial charge is 0.481 e. The third-order valence-electron chi connectivity index (χ3n) is 6.00. The number of hydrogen-bond acceptors (Lipinski definition) is 5. The molecule has 0 spiro atoms. The van der Waals surface area contributed by atoms with E-state index in [0.29, 0.717) is 37.4 Å². The monoisotopic (exact) mass is 449 g/mol. The van der Waals surface area contributed by atoms with Crippen molar-refractivity contribution in [3.8, 4) is 16.3 Å². The second-order valence-corrected chi connectivity index (χ2v) is 9.34. The number of amides is 2. The summed E-state index contributed by atoms with van der Waals surface area (Å²) in [4.78, 5) is 35.1. The first kappa shape index (κ1) is 22.0. The lowest BCUT2D eigenvalue weighted by atomic mass is 9.79. The van der Waals surface area contributed by atoms with Gasteiger partial charge in [0, 0.05) is 44.3 Å². The summed E-state index contributed by atoms with van der Waals surface area (Å²) in [7, 11) is 5.10. The van der Waals surface area contributed by atoms with E-state index in [1.54, 1.807) is 54.5 Å². The molecule has 0 unspecified atom stereocenters. The molecule has 4 rings (SSSR count). The third-order valence-corrected chi connectivity index (χ3v) is 6.91. The van der Waals surface area contributed by atoms with E-state index in [2.05, 4.69) is 40.7 Å². The van der Waals surface area contributed by atoms with Crippen LogP contribution in [-0.4, -0.2) is 60.9 Å². The fourth-order valence-corrected chi connectivity index (χ4v) is 5.08. The standard InChI is InChI=1S/C25H27N3O3S/c1-27(2)24(30)25(15-18-6-8-19(9-7-18)21-5-4-14-32-21)12-13-28(17-25)23(29)20-10-11-22(31-3)26-16-20/h4-11,14,16H,12-13,15,17H2,1-3H3/t25-/m0/s1. The lowest BCUT2D eigenvalue weighted by Gasteiger charge is -2.31. The number of ether oxygens (including phenoxy) is 1. The van der Waals surface area contributed by atoms with E-state index in [4.69, 9.17) is 4.74 Å². The number of aromatic nitrogens is 1. The minimum absolute atomic E-state index is 0.0583. The number of carbonyl (C=O) groups excluding carboxylic acids is 2. The van der Waals surface area contributed by atoms with Crippen molar-refractivity contribution in [2.45, 2.75) is 12.8 Å². The Hall–Kier alpha value is -3.19. The topological polar surface area (TPSA) is 62.7 Å². The Labute approximate surface area is 192 Å². The molecule has 2 amide bonds. The molecule has 0 saturated carbocycles. The number of thiophene rings is 1. The molecule has 1 aromatic carbocycles. The normalized spacial score (nSPS) is 17.9. The summed E-state index contributed by atoms with van der Waals surface area (Å²) in [6, 6.07) is 15.9. The number of pyridine rings is 1. The number of hydrogen-bond donors (Lipinski definition) is 0. The number of benzene rings is 1. The van der Waals surface area contributed by atoms with Crippen molar-refractivity contribution in [3.63, 3.8) is 0 Å². The minimum Gasteiger partial charge on any atom is -0.481 e. The zero-order valence-corrected chi connectivity index (χ0v) is 19.4. The summed E-state index contributed by atoms with van der Waals surface area (Å²) >= 11 is 1.71. The highest BCUT2D eigenvalue weighted by atomic mass is 32.1. The Bertz CT molecular complexity index is 1080. The SMILES string of the molecule is COc1ccc(C(=O)N2CC[C@@](Cc3ccc(-c4cccs4)cc3)(C(=O)N(C)C)C2)cn1. The van der Waals surface area contributed by atoms with Gasteiger partial charge < -0.3 is 14.5 Å². The van der Waals surface area contributed by atoms with Crippen LogP contribution in [0.1, 0.15) is 22.3 Å². The molecule has 32 heavy (non-hydrogen) atoms. The van der Waals surface area contributed by atoms with Gasteiger partial charge >= 0.3 is 0 Å². The Balaban J connectivity index is 1.54. The maximum Gasteiger partial charge on any atom is 0.255 e. The van der Waals surface area contributed by atoms with Crippen LogP contribution in [-0.2, 0) is 11.2 Å². The third kappa shape index (κ3) is 4.39. The van der Waals surface area contributed by atoms with Crippen LogP contribution in [0.2, 0.25) is 0 Å². The van der Waals surface area contributed by atoms with Crippen LogP contribution in [0.3, 0.4) is 0 Å². The van der Waals surface area contributed by atoms with Gasteiger partial charge in [0.05, 0.1) is 18.1 Å². The second kappa shape index (κ2) is 9.12. The number of rotatable bonds is 6. The van der Waals surface area contributed by atoms with Gasteiger partial charge in [0.2, 0.25) is 11.8 Å². The number of methoxy groups -OCH3 is 1. The molecule has 0 aliphatic carbocycles. The van der Waals surface area contributed by atoms with E-state index in [9.17, 15) is 9.59 Å². The first-order valence-corrected chi connectivity index (χ1v) is 11.4. The van der Waals surface area contributed by atoms with Crippen molar-refractivity contribution >= 4 is 23.2 Å². The van der Waals surface area contributed by atoms with Gasteiger partial charge in [-0.3, -0.25) is 9.59 Å². The Kier molecular flexibility index (Phi) is 6.28. The summed E-state index contributed by atoms with van der Waals surface area (Å²) < 4.78 is 5.08. The lowest BCUT2D eigenvalue weighted by Crippen LogP contribution is -2.44. The van der Waals surface area contributed by atoms with E-state index >= 15 is 0 Å². The Morgan fingerprint density at radius 3 is 2.53 bits per heavy atom. The molecule has 0 radical (unpaired) electrons. The van der Waals surface area contributed by atoms with E-state index < -0.39 is 5.41 Å². The maximum atomic E-state index is 13.3. The molecule has 3 aromatic rings. The highest BCUT2D eigenvalue weighted by Crippen LogP contribution is 2.37. The molecular formula is C25H27N3O3S. The molecule has 166 valence electrons. The van der Waals surface area contributed by atoms with Crippen molar-refractivity contribution < 1.29 is 14.3 Å². The number of nitrogens with zero attached hydrogens (tertiary/aromatic N) is 3. The Morgan fingerprint density at radius 2 is 1.94 bits per heavy atom. The summed E-state index contributed by atoms with van der Waals surface area (Å²) in [5, 5.41) is 2.07. The lowest BCUT2D eigenvalue weighted by molar-refractivity contribution is -0.138. The average Bonchev–Trinajstić information content (AvgIpc) is 3.50. The van der Waals surface area contributed by atoms with Crippen molar-refractivity contribution in [2.24, 2.45) is 5.41 Å². The van der Waals surface area contributed by atoms with Gasteiger partial charge in [-0.1, -0.05) is 30.3 Å². The fraction of sp³-hybridized carbons (Fsp3) is 0.320. The highest BCUT2D eigenvalue weighted by molar-refractivity contribution is 7.13. The van der Waals surface area contributed by atoms with Crippen LogP contribution >= 0.6 is 11.3 Å². The van der Waals surface area contributed by atoms with Crippen LogP contribution < -0.4 is 4.74 Å². The molecule has 1 fully saturated rings. The van der Waals surface area contributed by atoms with Gasteiger partial charge in [-0.25, -0.2) is 4.98 Å².